The summed E-state index contributed by atoms with van der Waals surface area (Å²) in [6.07, 6.45) is 4.51. The Bertz CT molecular complexity index is 1110. The van der Waals surface area contributed by atoms with E-state index >= 15 is 0 Å². The van der Waals surface area contributed by atoms with Gasteiger partial charge in [-0.3, -0.25) is 4.79 Å². The molecule has 3 aromatic rings. The van der Waals surface area contributed by atoms with E-state index in [4.69, 9.17) is 14.2 Å². The maximum atomic E-state index is 12.3. The number of hydrogen-bond donors (Lipinski definition) is 0. The van der Waals surface area contributed by atoms with Crippen molar-refractivity contribution in [2.24, 2.45) is 0 Å². The lowest BCUT2D eigenvalue weighted by Crippen LogP contribution is -2.08. The molecular formula is C30H32O5. The van der Waals surface area contributed by atoms with E-state index < -0.39 is 5.97 Å². The number of unbranched alkanes of at least 4 members (excludes halogenated alkanes) is 3. The Morgan fingerprint density at radius 3 is 1.83 bits per heavy atom. The van der Waals surface area contributed by atoms with Crippen LogP contribution in [0.3, 0.4) is 0 Å². The first kappa shape index (κ1) is 25.8. The molecule has 0 amide bonds. The molecule has 3 rings (SSSR count). The summed E-state index contributed by atoms with van der Waals surface area (Å²) in [6, 6.07) is 22.1. The number of carbonyl (C=O) groups is 2. The van der Waals surface area contributed by atoms with Crippen molar-refractivity contribution in [3.05, 3.63) is 90.5 Å². The molecule has 35 heavy (non-hydrogen) atoms. The zero-order chi connectivity index (χ0) is 25.0. The van der Waals surface area contributed by atoms with E-state index in [-0.39, 0.29) is 5.78 Å². The molecular weight excluding hydrogens is 440 g/mol. The highest BCUT2D eigenvalue weighted by atomic mass is 16.5. The molecule has 0 atom stereocenters. The van der Waals surface area contributed by atoms with Crippen LogP contribution in [0.1, 0.15) is 49.4 Å². The van der Waals surface area contributed by atoms with Crippen LogP contribution >= 0.6 is 0 Å². The molecule has 0 unspecified atom stereocenters. The van der Waals surface area contributed by atoms with Crippen LogP contribution in [0.2, 0.25) is 0 Å². The zero-order valence-electron chi connectivity index (χ0n) is 20.4. The van der Waals surface area contributed by atoms with Crippen molar-refractivity contribution in [2.75, 3.05) is 13.7 Å². The number of hydrogen-bond acceptors (Lipinski definition) is 5. The fourth-order valence-corrected chi connectivity index (χ4v) is 3.50. The molecule has 0 radical (unpaired) electrons. The second kappa shape index (κ2) is 13.1. The summed E-state index contributed by atoms with van der Waals surface area (Å²) < 4.78 is 16.4. The Labute approximate surface area is 207 Å². The number of allylic oxidation sites excluding steroid dienone is 1. The van der Waals surface area contributed by atoms with Gasteiger partial charge >= 0.3 is 5.97 Å². The van der Waals surface area contributed by atoms with Crippen LogP contribution in [0.25, 0.3) is 11.1 Å². The van der Waals surface area contributed by atoms with Crippen LogP contribution in [-0.2, 0) is 4.79 Å². The van der Waals surface area contributed by atoms with E-state index in [1.807, 2.05) is 36.4 Å². The molecule has 0 bridgehead atoms. The van der Waals surface area contributed by atoms with Crippen LogP contribution in [0.15, 0.2) is 84.9 Å². The number of esters is 1. The monoisotopic (exact) mass is 472 g/mol. The van der Waals surface area contributed by atoms with Gasteiger partial charge in [-0.15, -0.1) is 0 Å². The molecule has 0 aliphatic heterocycles. The molecule has 0 fully saturated rings. The minimum absolute atomic E-state index is 0.158. The van der Waals surface area contributed by atoms with Gasteiger partial charge in [-0.25, -0.2) is 4.79 Å². The second-order valence-corrected chi connectivity index (χ2v) is 8.38. The quantitative estimate of drug-likeness (QED) is 0.115. The minimum atomic E-state index is -0.415. The zero-order valence-corrected chi connectivity index (χ0v) is 20.4. The molecule has 0 saturated carbocycles. The third-order valence-corrected chi connectivity index (χ3v) is 5.62. The molecule has 3 aromatic carbocycles. The maximum absolute atomic E-state index is 12.3. The molecule has 0 spiro atoms. The molecule has 0 saturated heterocycles. The first-order valence-electron chi connectivity index (χ1n) is 11.8. The summed E-state index contributed by atoms with van der Waals surface area (Å²) in [5.41, 5.74) is 3.17. The predicted molar refractivity (Wildman–Crippen MR) is 138 cm³/mol. The van der Waals surface area contributed by atoms with Gasteiger partial charge in [0.15, 0.2) is 5.78 Å². The van der Waals surface area contributed by atoms with E-state index in [2.05, 4.69) is 6.58 Å². The fourth-order valence-electron chi connectivity index (χ4n) is 3.50. The molecule has 0 N–H and O–H groups in total. The van der Waals surface area contributed by atoms with E-state index in [9.17, 15) is 9.59 Å². The van der Waals surface area contributed by atoms with Gasteiger partial charge in [0.1, 0.15) is 17.2 Å². The maximum Gasteiger partial charge on any atom is 0.343 e. The summed E-state index contributed by atoms with van der Waals surface area (Å²) in [6.45, 7) is 6.10. The van der Waals surface area contributed by atoms with Crippen LogP contribution in [0.4, 0.5) is 0 Å². The van der Waals surface area contributed by atoms with Crippen molar-refractivity contribution < 1.29 is 23.8 Å². The van der Waals surface area contributed by atoms with Crippen LogP contribution in [-0.4, -0.2) is 25.5 Å². The van der Waals surface area contributed by atoms with Gasteiger partial charge in [-0.05, 0) is 85.0 Å². The summed E-state index contributed by atoms with van der Waals surface area (Å²) in [7, 11) is 1.58. The number of ketones is 1. The summed E-state index contributed by atoms with van der Waals surface area (Å²) in [5.74, 6) is 1.74. The highest BCUT2D eigenvalue weighted by Crippen LogP contribution is 2.25. The van der Waals surface area contributed by atoms with Crippen molar-refractivity contribution in [3.63, 3.8) is 0 Å². The van der Waals surface area contributed by atoms with Gasteiger partial charge in [0, 0.05) is 6.42 Å². The van der Waals surface area contributed by atoms with Gasteiger partial charge in [0.2, 0.25) is 0 Å². The molecule has 0 aliphatic rings. The van der Waals surface area contributed by atoms with Crippen molar-refractivity contribution in [1.29, 1.82) is 0 Å². The molecule has 0 heterocycles. The number of methoxy groups -OCH3 is 1. The Balaban J connectivity index is 1.42. The van der Waals surface area contributed by atoms with Gasteiger partial charge in [-0.2, -0.15) is 0 Å². The molecule has 182 valence electrons. The minimum Gasteiger partial charge on any atom is -0.497 e. The largest absolute Gasteiger partial charge is 0.497 e. The molecule has 0 aliphatic carbocycles. The number of benzene rings is 3. The number of Topliss-reactive ketones (excluding diaryl/α,β-unsaturated/α-hetero) is 1. The Morgan fingerprint density at radius 2 is 1.26 bits per heavy atom. The van der Waals surface area contributed by atoms with Gasteiger partial charge < -0.3 is 14.2 Å². The van der Waals surface area contributed by atoms with Crippen molar-refractivity contribution in [1.82, 2.24) is 0 Å². The summed E-state index contributed by atoms with van der Waals surface area (Å²) in [5, 5.41) is 0. The van der Waals surface area contributed by atoms with Crippen LogP contribution in [0.5, 0.6) is 17.2 Å². The number of carbonyl (C=O) groups excluding carboxylic acids is 2. The third kappa shape index (κ3) is 8.14. The second-order valence-electron chi connectivity index (χ2n) is 8.38. The van der Waals surface area contributed by atoms with E-state index in [0.717, 1.165) is 42.6 Å². The first-order valence-corrected chi connectivity index (χ1v) is 11.8. The smallest absolute Gasteiger partial charge is 0.343 e. The first-order chi connectivity index (χ1) is 17.0. The average Bonchev–Trinajstić information content (AvgIpc) is 2.88. The average molecular weight is 473 g/mol. The Kier molecular flexibility index (Phi) is 9.67. The van der Waals surface area contributed by atoms with Crippen LogP contribution < -0.4 is 14.2 Å². The van der Waals surface area contributed by atoms with Crippen molar-refractivity contribution in [3.8, 4) is 28.4 Å². The van der Waals surface area contributed by atoms with E-state index in [1.165, 1.54) is 0 Å². The fraction of sp³-hybridized carbons (Fsp3) is 0.267. The highest BCUT2D eigenvalue weighted by molar-refractivity contribution is 5.94. The van der Waals surface area contributed by atoms with Gasteiger partial charge in [0.25, 0.3) is 0 Å². The Morgan fingerprint density at radius 1 is 0.714 bits per heavy atom. The standard InChI is InChI=1S/C30H32O5/c1-22(2)29(31)8-6-4-5-7-21-34-27-17-9-23(10-18-27)24-11-19-28(20-12-24)35-30(32)25-13-15-26(33-3)16-14-25/h9-20H,1,4-8,21H2,2-3H3. The number of ether oxygens (including phenoxy) is 3. The van der Waals surface area contributed by atoms with Crippen molar-refractivity contribution in [2.45, 2.75) is 39.0 Å². The van der Waals surface area contributed by atoms with E-state index in [1.54, 1.807) is 50.4 Å². The number of rotatable bonds is 13. The lowest BCUT2D eigenvalue weighted by atomic mass is 10.1. The molecule has 5 nitrogen and oxygen atoms in total. The van der Waals surface area contributed by atoms with Gasteiger partial charge in [0.05, 0.1) is 19.3 Å². The Hall–Kier alpha value is -3.86. The summed E-state index contributed by atoms with van der Waals surface area (Å²) >= 11 is 0. The topological polar surface area (TPSA) is 61.8 Å². The highest BCUT2D eigenvalue weighted by Gasteiger charge is 2.09. The van der Waals surface area contributed by atoms with E-state index in [0.29, 0.717) is 35.7 Å². The van der Waals surface area contributed by atoms with Crippen molar-refractivity contribution >= 4 is 11.8 Å². The molecule has 5 heteroatoms. The van der Waals surface area contributed by atoms with Crippen LogP contribution in [0, 0.1) is 0 Å². The van der Waals surface area contributed by atoms with Gasteiger partial charge in [-0.1, -0.05) is 43.7 Å². The predicted octanol–water partition coefficient (Wildman–Crippen LogP) is 7.06. The normalized spacial score (nSPS) is 10.5. The third-order valence-electron chi connectivity index (χ3n) is 5.62. The summed E-state index contributed by atoms with van der Waals surface area (Å²) in [4.78, 5) is 23.9. The SMILES string of the molecule is C=C(C)C(=O)CCCCCCOc1ccc(-c2ccc(OC(=O)c3ccc(OC)cc3)cc2)cc1. The lowest BCUT2D eigenvalue weighted by Gasteiger charge is -2.09. The molecule has 0 aromatic heterocycles. The lowest BCUT2D eigenvalue weighted by molar-refractivity contribution is -0.115.